The number of aromatic nitrogens is 4. The molecule has 13 heteroatoms. The maximum absolute atomic E-state index is 13.3. The van der Waals surface area contributed by atoms with Gasteiger partial charge < -0.3 is 20.5 Å². The van der Waals surface area contributed by atoms with Crippen molar-refractivity contribution < 1.29 is 13.2 Å². The van der Waals surface area contributed by atoms with Gasteiger partial charge >= 0.3 is 6.18 Å². The molecule has 1 unspecified atom stereocenters. The fraction of sp³-hybridized carbons (Fsp3) is 0.565. The summed E-state index contributed by atoms with van der Waals surface area (Å²) in [6.07, 6.45) is 4.20. The molecule has 0 spiro atoms. The van der Waals surface area contributed by atoms with Gasteiger partial charge in [0.1, 0.15) is 34.0 Å². The summed E-state index contributed by atoms with van der Waals surface area (Å²) in [7, 11) is 0. The number of rotatable bonds is 9. The van der Waals surface area contributed by atoms with Gasteiger partial charge in [-0.15, -0.1) is 11.6 Å². The Balaban J connectivity index is 1.50. The molecule has 2 aliphatic heterocycles. The average molecular weight is 590 g/mol. The first-order chi connectivity index (χ1) is 17.3. The van der Waals surface area contributed by atoms with Gasteiger partial charge in [0.2, 0.25) is 0 Å². The number of allylic oxidation sites excluding steroid dienone is 1. The SMILES string of the molecule is Nc1ncnc(N2CCC(c3nc(C4C=CN=C(C(F)(F)F)C4)cn3CCNCCCCl)CC2)c1Br. The number of halogens is 5. The molecule has 0 bridgehead atoms. The van der Waals surface area contributed by atoms with E-state index in [2.05, 4.69) is 45.7 Å². The molecule has 4 heterocycles. The molecule has 1 fully saturated rings. The first-order valence-electron chi connectivity index (χ1n) is 11.9. The van der Waals surface area contributed by atoms with Crippen molar-refractivity contribution in [2.24, 2.45) is 4.99 Å². The highest BCUT2D eigenvalue weighted by Gasteiger charge is 2.38. The predicted molar refractivity (Wildman–Crippen MR) is 139 cm³/mol. The summed E-state index contributed by atoms with van der Waals surface area (Å²) in [5, 5.41) is 3.37. The second kappa shape index (κ2) is 11.9. The molecule has 196 valence electrons. The van der Waals surface area contributed by atoms with Crippen molar-refractivity contribution in [3.8, 4) is 0 Å². The first kappa shape index (κ1) is 26.9. The number of aliphatic imine (C=N–C) groups is 1. The molecular formula is C23H29BrClF3N8. The van der Waals surface area contributed by atoms with Crippen molar-refractivity contribution in [1.29, 1.82) is 0 Å². The fourth-order valence-electron chi connectivity index (χ4n) is 4.55. The van der Waals surface area contributed by atoms with E-state index in [9.17, 15) is 13.2 Å². The monoisotopic (exact) mass is 588 g/mol. The van der Waals surface area contributed by atoms with Gasteiger partial charge in [0.05, 0.1) is 5.69 Å². The lowest BCUT2D eigenvalue weighted by Gasteiger charge is -2.33. The Morgan fingerprint density at radius 3 is 2.69 bits per heavy atom. The van der Waals surface area contributed by atoms with E-state index in [0.717, 1.165) is 57.1 Å². The van der Waals surface area contributed by atoms with Crippen molar-refractivity contribution in [3.63, 3.8) is 0 Å². The minimum atomic E-state index is -4.44. The van der Waals surface area contributed by atoms with E-state index in [1.165, 1.54) is 12.5 Å². The van der Waals surface area contributed by atoms with Crippen LogP contribution in [0.2, 0.25) is 0 Å². The van der Waals surface area contributed by atoms with Crippen LogP contribution in [0.25, 0.3) is 0 Å². The van der Waals surface area contributed by atoms with Crippen molar-refractivity contribution >= 4 is 44.9 Å². The summed E-state index contributed by atoms with van der Waals surface area (Å²) in [4.78, 5) is 19.0. The van der Waals surface area contributed by atoms with Crippen LogP contribution < -0.4 is 16.0 Å². The van der Waals surface area contributed by atoms with Gasteiger partial charge in [-0.25, -0.2) is 15.0 Å². The van der Waals surface area contributed by atoms with E-state index in [1.54, 1.807) is 6.08 Å². The molecule has 0 aliphatic carbocycles. The van der Waals surface area contributed by atoms with Crippen LogP contribution in [-0.4, -0.2) is 63.5 Å². The third kappa shape index (κ3) is 6.38. The molecule has 2 aromatic rings. The number of nitrogen functional groups attached to an aromatic ring is 1. The molecular weight excluding hydrogens is 561 g/mol. The van der Waals surface area contributed by atoms with Gasteiger partial charge in [-0.2, -0.15) is 13.2 Å². The zero-order valence-corrected chi connectivity index (χ0v) is 22.0. The van der Waals surface area contributed by atoms with Crippen LogP contribution in [0.3, 0.4) is 0 Å². The lowest BCUT2D eigenvalue weighted by molar-refractivity contribution is -0.0607. The second-order valence-electron chi connectivity index (χ2n) is 8.89. The van der Waals surface area contributed by atoms with Crippen LogP contribution in [0, 0.1) is 0 Å². The van der Waals surface area contributed by atoms with Crippen LogP contribution >= 0.6 is 27.5 Å². The van der Waals surface area contributed by atoms with Gasteiger partial charge in [0, 0.05) is 62.7 Å². The number of piperidine rings is 1. The highest BCUT2D eigenvalue weighted by atomic mass is 79.9. The normalized spacial score (nSPS) is 19.1. The number of nitrogens with zero attached hydrogens (tertiary/aromatic N) is 6. The number of nitrogens with two attached hydrogens (primary N) is 1. The standard InChI is InChI=1S/C23H29BrClF3N8/c24-19-20(29)32-14-33-22(19)35-9-3-15(4-10-35)21-34-17(13-36(21)11-8-30-6-1-5-25)16-2-7-31-18(12-16)23(26,27)28/h2,7,13-16,30H,1,3-6,8-12H2,(H2,29,32,33). The molecule has 2 aromatic heterocycles. The molecule has 2 aliphatic rings. The molecule has 0 saturated carbocycles. The first-order valence-corrected chi connectivity index (χ1v) is 13.3. The summed E-state index contributed by atoms with van der Waals surface area (Å²) >= 11 is 9.24. The van der Waals surface area contributed by atoms with Gasteiger partial charge in [0.15, 0.2) is 0 Å². The quantitative estimate of drug-likeness (QED) is 0.327. The number of anilines is 2. The molecule has 4 rings (SSSR count). The Kier molecular flexibility index (Phi) is 8.89. The van der Waals surface area contributed by atoms with Gasteiger partial charge in [0.25, 0.3) is 0 Å². The largest absolute Gasteiger partial charge is 0.429 e. The van der Waals surface area contributed by atoms with Crippen LogP contribution in [0.4, 0.5) is 24.8 Å². The Morgan fingerprint density at radius 1 is 1.19 bits per heavy atom. The summed E-state index contributed by atoms with van der Waals surface area (Å²) in [5.74, 6) is 2.39. The highest BCUT2D eigenvalue weighted by molar-refractivity contribution is 9.10. The molecule has 8 nitrogen and oxygen atoms in total. The molecule has 36 heavy (non-hydrogen) atoms. The Bertz CT molecular complexity index is 1100. The molecule has 0 radical (unpaired) electrons. The van der Waals surface area contributed by atoms with Crippen LogP contribution in [-0.2, 0) is 6.54 Å². The van der Waals surface area contributed by atoms with Crippen LogP contribution in [0.5, 0.6) is 0 Å². The number of hydrogen-bond donors (Lipinski definition) is 2. The average Bonchev–Trinajstić information content (AvgIpc) is 3.29. The van der Waals surface area contributed by atoms with E-state index >= 15 is 0 Å². The third-order valence-electron chi connectivity index (χ3n) is 6.47. The van der Waals surface area contributed by atoms with Gasteiger partial charge in [-0.1, -0.05) is 6.08 Å². The van der Waals surface area contributed by atoms with E-state index in [-0.39, 0.29) is 12.3 Å². The molecule has 1 atom stereocenters. The minimum Gasteiger partial charge on any atom is -0.383 e. The Hall–Kier alpha value is -2.18. The Morgan fingerprint density at radius 2 is 1.97 bits per heavy atom. The summed E-state index contributed by atoms with van der Waals surface area (Å²) in [6.45, 7) is 3.72. The zero-order chi connectivity index (χ0) is 25.7. The third-order valence-corrected chi connectivity index (χ3v) is 7.50. The van der Waals surface area contributed by atoms with Crippen molar-refractivity contribution in [3.05, 3.63) is 40.8 Å². The van der Waals surface area contributed by atoms with E-state index in [0.29, 0.717) is 28.4 Å². The predicted octanol–water partition coefficient (Wildman–Crippen LogP) is 4.62. The Labute approximate surface area is 221 Å². The summed E-state index contributed by atoms with van der Waals surface area (Å²) < 4.78 is 42.6. The van der Waals surface area contributed by atoms with Crippen molar-refractivity contribution in [2.45, 2.75) is 50.2 Å². The van der Waals surface area contributed by atoms with Crippen molar-refractivity contribution in [1.82, 2.24) is 24.8 Å². The number of hydrogen-bond acceptors (Lipinski definition) is 7. The van der Waals surface area contributed by atoms with Crippen molar-refractivity contribution in [2.75, 3.05) is 42.7 Å². The van der Waals surface area contributed by atoms with E-state index in [1.807, 2.05) is 6.20 Å². The lowest BCUT2D eigenvalue weighted by atomic mass is 9.95. The second-order valence-corrected chi connectivity index (χ2v) is 10.1. The van der Waals surface area contributed by atoms with E-state index in [4.69, 9.17) is 22.3 Å². The molecule has 0 amide bonds. The summed E-state index contributed by atoms with van der Waals surface area (Å²) in [5.41, 5.74) is 5.80. The number of alkyl halides is 4. The van der Waals surface area contributed by atoms with Gasteiger partial charge in [-0.3, -0.25) is 4.99 Å². The zero-order valence-electron chi connectivity index (χ0n) is 19.7. The molecule has 3 N–H and O–H groups in total. The summed E-state index contributed by atoms with van der Waals surface area (Å²) in [6, 6.07) is 0. The fourth-order valence-corrected chi connectivity index (χ4v) is 5.14. The van der Waals surface area contributed by atoms with Gasteiger partial charge in [-0.05, 0) is 41.7 Å². The molecule has 0 aromatic carbocycles. The van der Waals surface area contributed by atoms with E-state index < -0.39 is 17.8 Å². The minimum absolute atomic E-state index is 0.180. The lowest BCUT2D eigenvalue weighted by Crippen LogP contribution is -2.35. The molecule has 1 saturated heterocycles. The number of nitrogens with one attached hydrogen (secondary N) is 1. The smallest absolute Gasteiger partial charge is 0.383 e. The topological polar surface area (TPSA) is 97.2 Å². The van der Waals surface area contributed by atoms with Crippen LogP contribution in [0.15, 0.2) is 34.3 Å². The maximum Gasteiger partial charge on any atom is 0.429 e. The highest BCUT2D eigenvalue weighted by Crippen LogP contribution is 2.36. The number of imidazole rings is 1. The maximum atomic E-state index is 13.3. The van der Waals surface area contributed by atoms with Crippen LogP contribution in [0.1, 0.15) is 49.0 Å².